The van der Waals surface area contributed by atoms with E-state index in [1.807, 2.05) is 11.3 Å². The number of rotatable bonds is 6. The molecular formula is C17H21BrN2S. The Bertz CT molecular complexity index is 600. The largest absolute Gasteiger partial charge is 0.309 e. The molecule has 1 N–H and O–H groups in total. The van der Waals surface area contributed by atoms with Gasteiger partial charge in [0, 0.05) is 27.5 Å². The fourth-order valence-electron chi connectivity index (χ4n) is 2.31. The summed E-state index contributed by atoms with van der Waals surface area (Å²) >= 11 is 5.33. The minimum atomic E-state index is 0.643. The number of thiazole rings is 1. The van der Waals surface area contributed by atoms with Crippen LogP contribution in [0.4, 0.5) is 0 Å². The molecule has 0 aliphatic heterocycles. The summed E-state index contributed by atoms with van der Waals surface area (Å²) in [4.78, 5) is 6.32. The fourth-order valence-corrected chi connectivity index (χ4v) is 3.62. The molecule has 0 bridgehead atoms. The van der Waals surface area contributed by atoms with E-state index in [1.165, 1.54) is 29.0 Å². The fraction of sp³-hybridized carbons (Fsp3) is 0.471. The Morgan fingerprint density at radius 3 is 2.62 bits per heavy atom. The maximum atomic E-state index is 4.91. The normalized spacial score (nSPS) is 14.9. The minimum Gasteiger partial charge on any atom is -0.309 e. The first-order valence-corrected chi connectivity index (χ1v) is 9.20. The van der Waals surface area contributed by atoms with Crippen LogP contribution in [0.2, 0.25) is 0 Å². The van der Waals surface area contributed by atoms with Crippen LogP contribution in [0.5, 0.6) is 0 Å². The second-order valence-corrected chi connectivity index (χ2v) is 8.15. The SMILES string of the molecule is CC(C)Cc1nc(-c2ccc(Br)cc2)sc1CNC1CC1. The van der Waals surface area contributed by atoms with Gasteiger partial charge in [0.05, 0.1) is 5.69 Å². The zero-order chi connectivity index (χ0) is 14.8. The Hall–Kier alpha value is -0.710. The van der Waals surface area contributed by atoms with Gasteiger partial charge in [-0.3, -0.25) is 0 Å². The summed E-state index contributed by atoms with van der Waals surface area (Å²) in [6.07, 6.45) is 3.73. The first kappa shape index (κ1) is 15.2. The molecule has 2 nitrogen and oxygen atoms in total. The third-order valence-electron chi connectivity index (χ3n) is 3.60. The lowest BCUT2D eigenvalue weighted by molar-refractivity contribution is 0.624. The Morgan fingerprint density at radius 1 is 1.29 bits per heavy atom. The molecule has 0 spiro atoms. The van der Waals surface area contributed by atoms with Crippen molar-refractivity contribution in [1.29, 1.82) is 0 Å². The van der Waals surface area contributed by atoms with Crippen molar-refractivity contribution in [1.82, 2.24) is 10.3 Å². The number of nitrogens with one attached hydrogen (secondary N) is 1. The van der Waals surface area contributed by atoms with Crippen LogP contribution in [0, 0.1) is 5.92 Å². The lowest BCUT2D eigenvalue weighted by Gasteiger charge is -2.05. The predicted octanol–water partition coefficient (Wildman–Crippen LogP) is 5.02. The maximum Gasteiger partial charge on any atom is 0.123 e. The second kappa shape index (κ2) is 6.59. The van der Waals surface area contributed by atoms with Crippen LogP contribution in [0.3, 0.4) is 0 Å². The number of hydrogen-bond acceptors (Lipinski definition) is 3. The van der Waals surface area contributed by atoms with Crippen molar-refractivity contribution in [2.24, 2.45) is 5.92 Å². The van der Waals surface area contributed by atoms with Crippen molar-refractivity contribution in [3.8, 4) is 10.6 Å². The molecular weight excluding hydrogens is 344 g/mol. The minimum absolute atomic E-state index is 0.643. The molecule has 0 saturated heterocycles. The van der Waals surface area contributed by atoms with Crippen molar-refractivity contribution in [3.63, 3.8) is 0 Å². The van der Waals surface area contributed by atoms with Gasteiger partial charge in [0.15, 0.2) is 0 Å². The zero-order valence-corrected chi connectivity index (χ0v) is 14.9. The van der Waals surface area contributed by atoms with Crippen LogP contribution >= 0.6 is 27.3 Å². The summed E-state index contributed by atoms with van der Waals surface area (Å²) in [7, 11) is 0. The molecule has 21 heavy (non-hydrogen) atoms. The van der Waals surface area contributed by atoms with E-state index in [9.17, 15) is 0 Å². The van der Waals surface area contributed by atoms with Crippen LogP contribution in [0.15, 0.2) is 28.7 Å². The van der Waals surface area contributed by atoms with Crippen molar-refractivity contribution in [3.05, 3.63) is 39.3 Å². The molecule has 1 aliphatic carbocycles. The van der Waals surface area contributed by atoms with E-state index in [0.29, 0.717) is 5.92 Å². The number of aromatic nitrogens is 1. The Labute approximate surface area is 139 Å². The third kappa shape index (κ3) is 4.15. The first-order valence-electron chi connectivity index (χ1n) is 7.59. The standard InChI is InChI=1S/C17H21BrN2S/c1-11(2)9-15-16(10-19-14-7-8-14)21-17(20-15)12-3-5-13(18)6-4-12/h3-6,11,14,19H,7-10H2,1-2H3. The van der Waals surface area contributed by atoms with Crippen LogP contribution in [-0.2, 0) is 13.0 Å². The van der Waals surface area contributed by atoms with Gasteiger partial charge in [-0.2, -0.15) is 0 Å². The number of halogens is 1. The summed E-state index contributed by atoms with van der Waals surface area (Å²) in [6, 6.07) is 9.19. The summed E-state index contributed by atoms with van der Waals surface area (Å²) < 4.78 is 1.11. The van der Waals surface area contributed by atoms with E-state index in [2.05, 4.69) is 59.4 Å². The molecule has 1 aromatic carbocycles. The summed E-state index contributed by atoms with van der Waals surface area (Å²) in [5, 5.41) is 4.77. The molecule has 4 heteroatoms. The van der Waals surface area contributed by atoms with Crippen molar-refractivity contribution < 1.29 is 0 Å². The molecule has 1 fully saturated rings. The molecule has 3 rings (SSSR count). The molecule has 0 unspecified atom stereocenters. The molecule has 112 valence electrons. The summed E-state index contributed by atoms with van der Waals surface area (Å²) in [5.41, 5.74) is 2.49. The highest BCUT2D eigenvalue weighted by Gasteiger charge is 2.22. The average Bonchev–Trinajstić information content (AvgIpc) is 3.19. The zero-order valence-electron chi connectivity index (χ0n) is 12.5. The monoisotopic (exact) mass is 364 g/mol. The van der Waals surface area contributed by atoms with Crippen LogP contribution in [0.25, 0.3) is 10.6 Å². The van der Waals surface area contributed by atoms with Gasteiger partial charge in [-0.05, 0) is 37.3 Å². The third-order valence-corrected chi connectivity index (χ3v) is 5.28. The van der Waals surface area contributed by atoms with E-state index in [0.717, 1.165) is 28.5 Å². The second-order valence-electron chi connectivity index (χ2n) is 6.15. The molecule has 1 aliphatic rings. The molecule has 0 amide bonds. The molecule has 1 heterocycles. The molecule has 0 radical (unpaired) electrons. The highest BCUT2D eigenvalue weighted by Crippen LogP contribution is 2.31. The molecule has 1 saturated carbocycles. The van der Waals surface area contributed by atoms with Crippen molar-refractivity contribution in [2.75, 3.05) is 0 Å². The van der Waals surface area contributed by atoms with Gasteiger partial charge in [0.25, 0.3) is 0 Å². The van der Waals surface area contributed by atoms with Gasteiger partial charge < -0.3 is 5.32 Å². The van der Waals surface area contributed by atoms with Crippen LogP contribution in [-0.4, -0.2) is 11.0 Å². The van der Waals surface area contributed by atoms with Gasteiger partial charge in [-0.1, -0.05) is 41.9 Å². The lowest BCUT2D eigenvalue weighted by Crippen LogP contribution is -2.15. The van der Waals surface area contributed by atoms with E-state index in [4.69, 9.17) is 4.98 Å². The van der Waals surface area contributed by atoms with E-state index in [1.54, 1.807) is 0 Å². The molecule has 1 aromatic heterocycles. The summed E-state index contributed by atoms with van der Waals surface area (Å²) in [5.74, 6) is 0.643. The maximum absolute atomic E-state index is 4.91. The van der Waals surface area contributed by atoms with Gasteiger partial charge in [0.1, 0.15) is 5.01 Å². The Balaban J connectivity index is 1.84. The van der Waals surface area contributed by atoms with Gasteiger partial charge in [-0.15, -0.1) is 11.3 Å². The molecule has 0 atom stereocenters. The van der Waals surface area contributed by atoms with Gasteiger partial charge in [0.2, 0.25) is 0 Å². The smallest absolute Gasteiger partial charge is 0.123 e. The number of nitrogens with zero attached hydrogens (tertiary/aromatic N) is 1. The number of benzene rings is 1. The average molecular weight is 365 g/mol. The molecule has 2 aromatic rings. The van der Waals surface area contributed by atoms with Crippen molar-refractivity contribution >= 4 is 27.3 Å². The first-order chi connectivity index (χ1) is 10.1. The van der Waals surface area contributed by atoms with Gasteiger partial charge in [-0.25, -0.2) is 4.98 Å². The lowest BCUT2D eigenvalue weighted by atomic mass is 10.1. The highest BCUT2D eigenvalue weighted by molar-refractivity contribution is 9.10. The van der Waals surface area contributed by atoms with E-state index < -0.39 is 0 Å². The number of hydrogen-bond donors (Lipinski definition) is 1. The topological polar surface area (TPSA) is 24.9 Å². The predicted molar refractivity (Wildman–Crippen MR) is 93.7 cm³/mol. The van der Waals surface area contributed by atoms with Crippen molar-refractivity contribution in [2.45, 2.75) is 45.7 Å². The Morgan fingerprint density at radius 2 is 2.00 bits per heavy atom. The summed E-state index contributed by atoms with van der Waals surface area (Å²) in [6.45, 7) is 5.49. The van der Waals surface area contributed by atoms with Crippen LogP contribution < -0.4 is 5.32 Å². The van der Waals surface area contributed by atoms with E-state index in [-0.39, 0.29) is 0 Å². The van der Waals surface area contributed by atoms with Gasteiger partial charge >= 0.3 is 0 Å². The highest BCUT2D eigenvalue weighted by atomic mass is 79.9. The van der Waals surface area contributed by atoms with E-state index >= 15 is 0 Å². The Kier molecular flexibility index (Phi) is 4.77. The quantitative estimate of drug-likeness (QED) is 0.777. The van der Waals surface area contributed by atoms with Crippen LogP contribution in [0.1, 0.15) is 37.3 Å².